The van der Waals surface area contributed by atoms with Crippen molar-refractivity contribution in [3.63, 3.8) is 0 Å². The van der Waals surface area contributed by atoms with Crippen LogP contribution in [0, 0.1) is 18.3 Å². The normalized spacial score (nSPS) is 10.3. The van der Waals surface area contributed by atoms with Crippen molar-refractivity contribution in [2.24, 2.45) is 5.84 Å². The Morgan fingerprint density at radius 3 is 2.90 bits per heavy atom. The first-order valence-electron chi connectivity index (χ1n) is 6.12. The number of fused-ring (bicyclic) bond motifs is 1. The molecule has 0 atom stereocenters. The standard InChI is InChI=1S/C14H11N5O2/c1-8-13(19-16)17-7-18-14(8)21-12-9-4-2-3-5-10(9)20-11(12)6-15/h2-5,7H,16H2,1H3,(H,17,18,19). The van der Waals surface area contributed by atoms with E-state index >= 15 is 0 Å². The fraction of sp³-hybridized carbons (Fsp3) is 0.0714. The van der Waals surface area contributed by atoms with Crippen molar-refractivity contribution in [1.82, 2.24) is 9.97 Å². The zero-order chi connectivity index (χ0) is 14.8. The lowest BCUT2D eigenvalue weighted by molar-refractivity contribution is 0.446. The van der Waals surface area contributed by atoms with Gasteiger partial charge in [0, 0.05) is 0 Å². The Kier molecular flexibility index (Phi) is 3.14. The minimum atomic E-state index is 0.0940. The topological polar surface area (TPSA) is 110 Å². The summed E-state index contributed by atoms with van der Waals surface area (Å²) in [6.45, 7) is 1.76. The van der Waals surface area contributed by atoms with Crippen molar-refractivity contribution >= 4 is 16.8 Å². The maximum atomic E-state index is 9.18. The van der Waals surface area contributed by atoms with Gasteiger partial charge in [-0.15, -0.1) is 0 Å². The van der Waals surface area contributed by atoms with Crippen LogP contribution in [0.5, 0.6) is 11.6 Å². The number of nitriles is 1. The second kappa shape index (κ2) is 5.11. The van der Waals surface area contributed by atoms with Crippen molar-refractivity contribution in [3.8, 4) is 17.7 Å². The number of aromatic nitrogens is 2. The molecule has 0 aliphatic heterocycles. The zero-order valence-electron chi connectivity index (χ0n) is 11.1. The molecule has 0 fully saturated rings. The Bertz CT molecular complexity index is 850. The lowest BCUT2D eigenvalue weighted by Crippen LogP contribution is -2.11. The average Bonchev–Trinajstić information content (AvgIpc) is 2.87. The Morgan fingerprint density at radius 2 is 2.14 bits per heavy atom. The number of para-hydroxylation sites is 1. The summed E-state index contributed by atoms with van der Waals surface area (Å²) < 4.78 is 11.2. The van der Waals surface area contributed by atoms with Crippen LogP contribution < -0.4 is 16.0 Å². The maximum absolute atomic E-state index is 9.18. The molecular weight excluding hydrogens is 270 g/mol. The minimum absolute atomic E-state index is 0.0940. The molecule has 0 bridgehead atoms. The van der Waals surface area contributed by atoms with Crippen molar-refractivity contribution in [2.75, 3.05) is 5.43 Å². The highest BCUT2D eigenvalue weighted by Crippen LogP contribution is 2.36. The van der Waals surface area contributed by atoms with Crippen LogP contribution in [0.25, 0.3) is 11.0 Å². The molecule has 7 nitrogen and oxygen atoms in total. The number of nitrogen functional groups attached to an aromatic ring is 1. The summed E-state index contributed by atoms with van der Waals surface area (Å²) in [5, 5.41) is 9.88. The number of furan rings is 1. The van der Waals surface area contributed by atoms with Crippen LogP contribution in [-0.4, -0.2) is 9.97 Å². The Morgan fingerprint density at radius 1 is 1.33 bits per heavy atom. The monoisotopic (exact) mass is 281 g/mol. The van der Waals surface area contributed by atoms with E-state index in [1.54, 1.807) is 13.0 Å². The van der Waals surface area contributed by atoms with Gasteiger partial charge < -0.3 is 14.6 Å². The number of nitrogens with one attached hydrogen (secondary N) is 1. The summed E-state index contributed by atoms with van der Waals surface area (Å²) in [6.07, 6.45) is 1.33. The van der Waals surface area contributed by atoms with E-state index in [2.05, 4.69) is 15.4 Å². The fourth-order valence-corrected chi connectivity index (χ4v) is 1.98. The van der Waals surface area contributed by atoms with E-state index in [-0.39, 0.29) is 5.76 Å². The van der Waals surface area contributed by atoms with Crippen LogP contribution in [-0.2, 0) is 0 Å². The smallest absolute Gasteiger partial charge is 0.247 e. The van der Waals surface area contributed by atoms with Gasteiger partial charge in [0.15, 0.2) is 5.75 Å². The van der Waals surface area contributed by atoms with Gasteiger partial charge in [0.25, 0.3) is 0 Å². The molecular formula is C14H11N5O2. The fourth-order valence-electron chi connectivity index (χ4n) is 1.98. The highest BCUT2D eigenvalue weighted by atomic mass is 16.5. The van der Waals surface area contributed by atoms with Gasteiger partial charge in [-0.3, -0.25) is 0 Å². The zero-order valence-corrected chi connectivity index (χ0v) is 11.1. The van der Waals surface area contributed by atoms with E-state index < -0.39 is 0 Å². The van der Waals surface area contributed by atoms with E-state index in [0.29, 0.717) is 34.0 Å². The molecule has 3 aromatic rings. The van der Waals surface area contributed by atoms with Crippen LogP contribution in [0.2, 0.25) is 0 Å². The molecule has 0 spiro atoms. The molecule has 0 aliphatic carbocycles. The second-order valence-electron chi connectivity index (χ2n) is 4.27. The number of hydrogen-bond acceptors (Lipinski definition) is 7. The summed E-state index contributed by atoms with van der Waals surface area (Å²) in [4.78, 5) is 8.04. The van der Waals surface area contributed by atoms with Crippen molar-refractivity contribution in [3.05, 3.63) is 41.9 Å². The summed E-state index contributed by atoms with van der Waals surface area (Å²) in [7, 11) is 0. The SMILES string of the molecule is Cc1c(NN)ncnc1Oc1c(C#N)oc2ccccc12. The molecule has 104 valence electrons. The van der Waals surface area contributed by atoms with Gasteiger partial charge in [0.2, 0.25) is 11.6 Å². The lowest BCUT2D eigenvalue weighted by Gasteiger charge is -2.08. The molecule has 0 saturated heterocycles. The molecule has 0 saturated carbocycles. The molecule has 3 N–H and O–H groups in total. The van der Waals surface area contributed by atoms with Gasteiger partial charge >= 0.3 is 0 Å². The Hall–Kier alpha value is -3.11. The maximum Gasteiger partial charge on any atom is 0.247 e. The first-order valence-corrected chi connectivity index (χ1v) is 6.12. The van der Waals surface area contributed by atoms with Crippen molar-refractivity contribution in [1.29, 1.82) is 5.26 Å². The van der Waals surface area contributed by atoms with E-state index in [0.717, 1.165) is 0 Å². The third-order valence-corrected chi connectivity index (χ3v) is 3.02. The van der Waals surface area contributed by atoms with Crippen LogP contribution in [0.4, 0.5) is 5.82 Å². The average molecular weight is 281 g/mol. The molecule has 7 heteroatoms. The van der Waals surface area contributed by atoms with E-state index in [1.165, 1.54) is 6.33 Å². The molecule has 0 unspecified atom stereocenters. The number of nitrogens with zero attached hydrogens (tertiary/aromatic N) is 3. The first kappa shape index (κ1) is 12.9. The number of hydrazine groups is 1. The largest absolute Gasteiger partial charge is 0.442 e. The van der Waals surface area contributed by atoms with E-state index in [9.17, 15) is 5.26 Å². The third-order valence-electron chi connectivity index (χ3n) is 3.02. The predicted octanol–water partition coefficient (Wildman–Crippen LogP) is 2.48. The van der Waals surface area contributed by atoms with Gasteiger partial charge in [-0.1, -0.05) is 12.1 Å². The highest BCUT2D eigenvalue weighted by molar-refractivity contribution is 5.86. The number of hydrogen-bond donors (Lipinski definition) is 2. The summed E-state index contributed by atoms with van der Waals surface area (Å²) in [6, 6.07) is 9.22. The van der Waals surface area contributed by atoms with Gasteiger partial charge in [0.05, 0.1) is 10.9 Å². The van der Waals surface area contributed by atoms with E-state index in [4.69, 9.17) is 15.0 Å². The molecule has 1 aromatic carbocycles. The van der Waals surface area contributed by atoms with Crippen LogP contribution in [0.15, 0.2) is 35.0 Å². The van der Waals surface area contributed by atoms with Gasteiger partial charge in [-0.05, 0) is 19.1 Å². The number of ether oxygens (including phenoxy) is 1. The number of rotatable bonds is 3. The molecule has 3 rings (SSSR count). The second-order valence-corrected chi connectivity index (χ2v) is 4.27. The van der Waals surface area contributed by atoms with Gasteiger partial charge in [-0.2, -0.15) is 5.26 Å². The first-order chi connectivity index (χ1) is 10.2. The predicted molar refractivity (Wildman–Crippen MR) is 75.6 cm³/mol. The van der Waals surface area contributed by atoms with Crippen molar-refractivity contribution in [2.45, 2.75) is 6.92 Å². The summed E-state index contributed by atoms with van der Waals surface area (Å²) in [5.41, 5.74) is 3.67. The van der Waals surface area contributed by atoms with Gasteiger partial charge in [-0.25, -0.2) is 15.8 Å². The minimum Gasteiger partial charge on any atom is -0.442 e. The van der Waals surface area contributed by atoms with Crippen LogP contribution in [0.3, 0.4) is 0 Å². The number of benzene rings is 1. The number of nitrogens with two attached hydrogens (primary N) is 1. The molecule has 0 radical (unpaired) electrons. The van der Waals surface area contributed by atoms with Crippen molar-refractivity contribution < 1.29 is 9.15 Å². The molecule has 0 amide bonds. The molecule has 21 heavy (non-hydrogen) atoms. The molecule has 0 aliphatic rings. The Labute approximate surface area is 119 Å². The highest BCUT2D eigenvalue weighted by Gasteiger charge is 2.18. The number of anilines is 1. The van der Waals surface area contributed by atoms with Crippen LogP contribution >= 0.6 is 0 Å². The Balaban J connectivity index is 2.12. The molecule has 2 heterocycles. The van der Waals surface area contributed by atoms with Crippen LogP contribution in [0.1, 0.15) is 11.3 Å². The van der Waals surface area contributed by atoms with Gasteiger partial charge in [0.1, 0.15) is 23.8 Å². The summed E-state index contributed by atoms with van der Waals surface area (Å²) in [5.74, 6) is 6.55. The third kappa shape index (κ3) is 2.13. The molecule has 2 aromatic heterocycles. The lowest BCUT2D eigenvalue weighted by atomic mass is 10.2. The van der Waals surface area contributed by atoms with E-state index in [1.807, 2.05) is 24.3 Å². The quantitative estimate of drug-likeness (QED) is 0.560. The summed E-state index contributed by atoms with van der Waals surface area (Å²) >= 11 is 0.